The van der Waals surface area contributed by atoms with Crippen LogP contribution in [0.2, 0.25) is 0 Å². The van der Waals surface area contributed by atoms with Crippen molar-refractivity contribution in [2.24, 2.45) is 0 Å². The summed E-state index contributed by atoms with van der Waals surface area (Å²) in [6.45, 7) is 3.66. The molecule has 1 aromatic heterocycles. The van der Waals surface area contributed by atoms with Crippen LogP contribution in [-0.2, 0) is 9.53 Å². The second kappa shape index (κ2) is 6.12. The zero-order chi connectivity index (χ0) is 14.5. The highest BCUT2D eigenvalue weighted by Gasteiger charge is 2.33. The van der Waals surface area contributed by atoms with E-state index in [0.717, 1.165) is 12.6 Å². The van der Waals surface area contributed by atoms with Gasteiger partial charge in [0.05, 0.1) is 12.0 Å². The smallest absolute Gasteiger partial charge is 0.331 e. The summed E-state index contributed by atoms with van der Waals surface area (Å²) in [4.78, 5) is 25.7. The lowest BCUT2D eigenvalue weighted by atomic mass is 9.96. The van der Waals surface area contributed by atoms with Crippen LogP contribution in [0.5, 0.6) is 0 Å². The maximum atomic E-state index is 11.8. The number of aromatic nitrogens is 1. The van der Waals surface area contributed by atoms with Gasteiger partial charge < -0.3 is 10.1 Å². The average Bonchev–Trinajstić information content (AvgIpc) is 2.38. The Morgan fingerprint density at radius 2 is 2.26 bits per heavy atom. The zero-order valence-corrected chi connectivity index (χ0v) is 11.2. The van der Waals surface area contributed by atoms with Crippen LogP contribution in [0.15, 0.2) is 18.3 Å². The Hall–Kier alpha value is -2.18. The monoisotopic (exact) mass is 267 g/mol. The van der Waals surface area contributed by atoms with E-state index in [2.05, 4.69) is 10.3 Å². The fourth-order valence-electron chi connectivity index (χ4n) is 1.79. The van der Waals surface area contributed by atoms with Crippen molar-refractivity contribution in [3.05, 3.63) is 28.4 Å². The number of nitro groups is 1. The summed E-state index contributed by atoms with van der Waals surface area (Å²) in [6.07, 6.45) is 2.50. The fourth-order valence-corrected chi connectivity index (χ4v) is 1.79. The molecule has 0 amide bonds. The Morgan fingerprint density at radius 1 is 1.58 bits per heavy atom. The fraction of sp³-hybridized carbons (Fsp3) is 0.500. The second-order valence-corrected chi connectivity index (χ2v) is 4.36. The molecule has 0 bridgehead atoms. The first-order chi connectivity index (χ1) is 8.92. The van der Waals surface area contributed by atoms with Gasteiger partial charge in [-0.1, -0.05) is 13.3 Å². The van der Waals surface area contributed by atoms with Gasteiger partial charge >= 0.3 is 5.97 Å². The molecule has 1 rings (SSSR count). The minimum absolute atomic E-state index is 0.0965. The number of rotatable bonds is 6. The Balaban J connectivity index is 2.90. The number of methoxy groups -OCH3 is 1. The first-order valence-corrected chi connectivity index (χ1v) is 5.90. The Bertz CT molecular complexity index is 461. The number of esters is 1. The molecule has 7 nitrogen and oxygen atoms in total. The van der Waals surface area contributed by atoms with E-state index in [1.54, 1.807) is 6.92 Å². The third-order valence-corrected chi connectivity index (χ3v) is 2.75. The lowest BCUT2D eigenvalue weighted by Gasteiger charge is -2.27. The molecule has 1 unspecified atom stereocenters. The summed E-state index contributed by atoms with van der Waals surface area (Å²) >= 11 is 0. The number of anilines is 1. The summed E-state index contributed by atoms with van der Waals surface area (Å²) in [5.41, 5.74) is -0.993. The van der Waals surface area contributed by atoms with Gasteiger partial charge in [0.2, 0.25) is 0 Å². The molecule has 0 saturated heterocycles. The lowest BCUT2D eigenvalue weighted by Crippen LogP contribution is -2.44. The van der Waals surface area contributed by atoms with E-state index in [9.17, 15) is 14.9 Å². The quantitative estimate of drug-likeness (QED) is 0.482. The normalized spacial score (nSPS) is 13.4. The summed E-state index contributed by atoms with van der Waals surface area (Å²) in [5, 5.41) is 13.5. The molecular weight excluding hydrogens is 250 g/mol. The highest BCUT2D eigenvalue weighted by atomic mass is 16.6. The number of ether oxygens (including phenoxy) is 1. The van der Waals surface area contributed by atoms with Gasteiger partial charge in [0.15, 0.2) is 0 Å². The van der Waals surface area contributed by atoms with Crippen LogP contribution in [0, 0.1) is 10.1 Å². The highest BCUT2D eigenvalue weighted by molar-refractivity contribution is 5.83. The molecule has 0 saturated carbocycles. The number of nitrogens with zero attached hydrogens (tertiary/aromatic N) is 2. The summed E-state index contributed by atoms with van der Waals surface area (Å²) in [5.74, 6) is 0.00135. The SMILES string of the molecule is CCCC(C)(Nc1ccc([N+](=O)[O-])cn1)C(=O)OC. The van der Waals surface area contributed by atoms with E-state index in [4.69, 9.17) is 4.74 Å². The topological polar surface area (TPSA) is 94.4 Å². The number of nitrogens with one attached hydrogen (secondary N) is 1. The third-order valence-electron chi connectivity index (χ3n) is 2.75. The number of pyridine rings is 1. The molecular formula is C12H17N3O4. The van der Waals surface area contributed by atoms with Crippen LogP contribution in [0.1, 0.15) is 26.7 Å². The first kappa shape index (κ1) is 14.9. The van der Waals surface area contributed by atoms with E-state index in [0.29, 0.717) is 12.2 Å². The van der Waals surface area contributed by atoms with Crippen molar-refractivity contribution in [1.29, 1.82) is 0 Å². The molecule has 1 N–H and O–H groups in total. The molecule has 0 spiro atoms. The van der Waals surface area contributed by atoms with Crippen LogP contribution < -0.4 is 5.32 Å². The molecule has 1 heterocycles. The number of hydrogen-bond donors (Lipinski definition) is 1. The molecule has 0 aliphatic heterocycles. The van der Waals surface area contributed by atoms with Crippen LogP contribution in [-0.4, -0.2) is 28.5 Å². The molecule has 0 radical (unpaired) electrons. The maximum absolute atomic E-state index is 11.8. The Labute approximate surface area is 111 Å². The van der Waals surface area contributed by atoms with Crippen LogP contribution in [0.4, 0.5) is 11.5 Å². The van der Waals surface area contributed by atoms with Crippen molar-refractivity contribution in [2.75, 3.05) is 12.4 Å². The van der Waals surface area contributed by atoms with Crippen LogP contribution >= 0.6 is 0 Å². The van der Waals surface area contributed by atoms with Crippen molar-refractivity contribution < 1.29 is 14.5 Å². The Kier molecular flexibility index (Phi) is 4.80. The van der Waals surface area contributed by atoms with E-state index in [1.165, 1.54) is 19.2 Å². The van der Waals surface area contributed by atoms with Crippen molar-refractivity contribution in [3.63, 3.8) is 0 Å². The maximum Gasteiger partial charge on any atom is 0.331 e. The van der Waals surface area contributed by atoms with E-state index < -0.39 is 16.4 Å². The average molecular weight is 267 g/mol. The Morgan fingerprint density at radius 3 is 2.68 bits per heavy atom. The van der Waals surface area contributed by atoms with Crippen molar-refractivity contribution in [3.8, 4) is 0 Å². The van der Waals surface area contributed by atoms with E-state index in [-0.39, 0.29) is 5.69 Å². The largest absolute Gasteiger partial charge is 0.467 e. The molecule has 104 valence electrons. The van der Waals surface area contributed by atoms with Gasteiger partial charge in [-0.3, -0.25) is 10.1 Å². The molecule has 0 aliphatic carbocycles. The van der Waals surface area contributed by atoms with Crippen LogP contribution in [0.3, 0.4) is 0 Å². The van der Waals surface area contributed by atoms with Gasteiger partial charge in [-0.25, -0.2) is 9.78 Å². The van der Waals surface area contributed by atoms with Gasteiger partial charge in [-0.15, -0.1) is 0 Å². The van der Waals surface area contributed by atoms with E-state index in [1.807, 2.05) is 6.92 Å². The van der Waals surface area contributed by atoms with Gasteiger partial charge in [-0.05, 0) is 19.4 Å². The number of hydrogen-bond acceptors (Lipinski definition) is 6. The highest BCUT2D eigenvalue weighted by Crippen LogP contribution is 2.21. The standard InChI is InChI=1S/C12H17N3O4/c1-4-7-12(2,11(16)19-3)14-10-6-5-9(8-13-10)15(17)18/h5-6,8H,4,7H2,1-3H3,(H,13,14). The molecule has 7 heteroatoms. The predicted octanol–water partition coefficient (Wildman–Crippen LogP) is 2.13. The molecule has 1 aromatic rings. The van der Waals surface area contributed by atoms with Crippen molar-refractivity contribution >= 4 is 17.5 Å². The molecule has 1 atom stereocenters. The summed E-state index contributed by atoms with van der Waals surface area (Å²) in [7, 11) is 1.32. The molecule has 0 aromatic carbocycles. The lowest BCUT2D eigenvalue weighted by molar-refractivity contribution is -0.385. The summed E-state index contributed by atoms with van der Waals surface area (Å²) < 4.78 is 4.76. The molecule has 0 fully saturated rings. The summed E-state index contributed by atoms with van der Waals surface area (Å²) in [6, 6.07) is 2.80. The third kappa shape index (κ3) is 3.64. The molecule has 0 aliphatic rings. The van der Waals surface area contributed by atoms with Crippen molar-refractivity contribution in [1.82, 2.24) is 4.98 Å². The predicted molar refractivity (Wildman–Crippen MR) is 69.8 cm³/mol. The second-order valence-electron chi connectivity index (χ2n) is 4.36. The van der Waals surface area contributed by atoms with Crippen molar-refractivity contribution in [2.45, 2.75) is 32.2 Å². The van der Waals surface area contributed by atoms with Gasteiger partial charge in [0.25, 0.3) is 5.69 Å². The minimum Gasteiger partial charge on any atom is -0.467 e. The first-order valence-electron chi connectivity index (χ1n) is 5.90. The molecule has 19 heavy (non-hydrogen) atoms. The number of carbonyl (C=O) groups is 1. The van der Waals surface area contributed by atoms with E-state index >= 15 is 0 Å². The van der Waals surface area contributed by atoms with Gasteiger partial charge in [0.1, 0.15) is 17.6 Å². The minimum atomic E-state index is -0.896. The number of carbonyl (C=O) groups excluding carboxylic acids is 1. The van der Waals surface area contributed by atoms with Gasteiger partial charge in [0, 0.05) is 6.07 Å². The van der Waals surface area contributed by atoms with Gasteiger partial charge in [-0.2, -0.15) is 0 Å². The van der Waals surface area contributed by atoms with Crippen LogP contribution in [0.25, 0.3) is 0 Å². The zero-order valence-electron chi connectivity index (χ0n) is 11.2.